The van der Waals surface area contributed by atoms with Gasteiger partial charge in [-0.05, 0) is 28.2 Å². The van der Waals surface area contributed by atoms with Gasteiger partial charge in [-0.2, -0.15) is 12.9 Å². The number of halogens is 4. The molecule has 0 radical (unpaired) electrons. The van der Waals surface area contributed by atoms with Crippen molar-refractivity contribution in [2.75, 3.05) is 28.2 Å². The van der Waals surface area contributed by atoms with Crippen molar-refractivity contribution in [1.82, 2.24) is 9.34 Å². The molecule has 5 nitrogen and oxygen atoms in total. The van der Waals surface area contributed by atoms with Crippen LogP contribution in [0.1, 0.15) is 0 Å². The van der Waals surface area contributed by atoms with Crippen molar-refractivity contribution >= 4 is 23.2 Å². The minimum Gasteiger partial charge on any atom is -0.232 e. The van der Waals surface area contributed by atoms with Gasteiger partial charge in [-0.25, -0.2) is 9.34 Å². The van der Waals surface area contributed by atoms with Crippen LogP contribution in [0, 0.1) is 0 Å². The molecule has 0 saturated carbocycles. The molecule has 0 aromatic rings. The molecule has 96 valence electrons. The van der Waals surface area contributed by atoms with Crippen LogP contribution in [-0.2, 0) is 0 Å². The van der Waals surface area contributed by atoms with Gasteiger partial charge in [-0.1, -0.05) is 0 Å². The van der Waals surface area contributed by atoms with Crippen LogP contribution in [-0.4, -0.2) is 37.5 Å². The molecular formula is C4H12F4N5P3. The van der Waals surface area contributed by atoms with Gasteiger partial charge >= 0.3 is 23.2 Å². The second kappa shape index (κ2) is 4.21. The molecule has 0 aromatic heterocycles. The monoisotopic (exact) mass is 299 g/mol. The molecule has 0 unspecified atom stereocenters. The second-order valence-electron chi connectivity index (χ2n) is 3.41. The lowest BCUT2D eigenvalue weighted by Crippen LogP contribution is -2.08. The summed E-state index contributed by atoms with van der Waals surface area (Å²) in [4.78, 5) is 0. The predicted octanol–water partition coefficient (Wildman–Crippen LogP) is 4.84. The van der Waals surface area contributed by atoms with Crippen molar-refractivity contribution in [3.63, 3.8) is 0 Å². The third-order valence-corrected chi connectivity index (χ3v) is 9.09. The lowest BCUT2D eigenvalue weighted by atomic mass is 11.3. The highest BCUT2D eigenvalue weighted by molar-refractivity contribution is 7.79. The molecule has 16 heavy (non-hydrogen) atoms. The van der Waals surface area contributed by atoms with E-state index in [9.17, 15) is 16.8 Å². The molecule has 1 heterocycles. The Morgan fingerprint density at radius 2 is 1.06 bits per heavy atom. The highest BCUT2D eigenvalue weighted by Gasteiger charge is 2.41. The maximum absolute atomic E-state index is 14.0. The maximum Gasteiger partial charge on any atom is 0.423 e. The van der Waals surface area contributed by atoms with Crippen molar-refractivity contribution in [3.8, 4) is 0 Å². The van der Waals surface area contributed by atoms with Crippen LogP contribution in [0.3, 0.4) is 0 Å². The molecule has 0 spiro atoms. The van der Waals surface area contributed by atoms with Gasteiger partial charge < -0.3 is 0 Å². The average molecular weight is 299 g/mol. The molecule has 1 rings (SSSR count). The lowest BCUT2D eigenvalue weighted by Gasteiger charge is -2.27. The number of rotatable bonds is 2. The molecule has 2 atom stereocenters. The average Bonchev–Trinajstić information content (AvgIpc) is 1.98. The first-order valence-corrected chi connectivity index (χ1v) is 8.62. The summed E-state index contributed by atoms with van der Waals surface area (Å²) in [6.07, 6.45) is 0. The molecule has 1 aliphatic rings. The highest BCUT2D eigenvalue weighted by atomic mass is 31.3. The molecule has 0 saturated heterocycles. The first-order chi connectivity index (χ1) is 7.01. The van der Waals surface area contributed by atoms with Crippen LogP contribution in [0.5, 0.6) is 0 Å². The summed E-state index contributed by atoms with van der Waals surface area (Å²) in [6.45, 7) is 0. The van der Waals surface area contributed by atoms with Gasteiger partial charge in [-0.3, -0.25) is 0 Å². The molecule has 0 bridgehead atoms. The Labute approximate surface area is 91.7 Å². The Bertz CT molecular complexity index is 437. The zero-order chi connectivity index (χ0) is 12.8. The van der Waals surface area contributed by atoms with Gasteiger partial charge in [0.05, 0.1) is 0 Å². The third-order valence-electron chi connectivity index (χ3n) is 1.69. The van der Waals surface area contributed by atoms with Crippen LogP contribution in [0.15, 0.2) is 13.5 Å². The van der Waals surface area contributed by atoms with Crippen molar-refractivity contribution in [1.29, 1.82) is 0 Å². The van der Waals surface area contributed by atoms with Gasteiger partial charge in [0.25, 0.3) is 0 Å². The molecule has 0 amide bonds. The van der Waals surface area contributed by atoms with E-state index in [-0.39, 0.29) is 0 Å². The van der Waals surface area contributed by atoms with Crippen LogP contribution in [0.4, 0.5) is 16.8 Å². The summed E-state index contributed by atoms with van der Waals surface area (Å²) in [6, 6.07) is 0. The molecule has 0 N–H and O–H groups in total. The summed E-state index contributed by atoms with van der Waals surface area (Å²) in [7, 11) is -9.09. The van der Waals surface area contributed by atoms with E-state index in [4.69, 9.17) is 0 Å². The predicted molar refractivity (Wildman–Crippen MR) is 59.9 cm³/mol. The number of hydrogen-bond donors (Lipinski definition) is 0. The van der Waals surface area contributed by atoms with E-state index >= 15 is 0 Å². The Morgan fingerprint density at radius 1 is 0.688 bits per heavy atom. The topological polar surface area (TPSA) is 43.6 Å². The van der Waals surface area contributed by atoms with E-state index in [2.05, 4.69) is 13.5 Å². The SMILES string of the molecule is CN(C)[P@]1(F)=N[P@](F)(N(C)C)=NP(F)(F)=N1. The van der Waals surface area contributed by atoms with E-state index in [1.807, 2.05) is 0 Å². The molecule has 1 aliphatic heterocycles. The van der Waals surface area contributed by atoms with Gasteiger partial charge in [-0.15, -0.1) is 17.4 Å². The van der Waals surface area contributed by atoms with Crippen LogP contribution in [0.2, 0.25) is 0 Å². The van der Waals surface area contributed by atoms with Crippen LogP contribution < -0.4 is 0 Å². The largest absolute Gasteiger partial charge is 0.423 e. The fourth-order valence-electron chi connectivity index (χ4n) is 0.792. The summed E-state index contributed by atoms with van der Waals surface area (Å²) < 4.78 is 64.5. The highest BCUT2D eigenvalue weighted by Crippen LogP contribution is 2.81. The number of hydrogen-bond acceptors (Lipinski definition) is 5. The van der Waals surface area contributed by atoms with Crippen molar-refractivity contribution in [2.45, 2.75) is 0 Å². The zero-order valence-corrected chi connectivity index (χ0v) is 11.8. The lowest BCUT2D eigenvalue weighted by molar-refractivity contribution is 0.588. The molecule has 0 aromatic carbocycles. The molecule has 12 heteroatoms. The van der Waals surface area contributed by atoms with E-state index in [1.165, 1.54) is 28.2 Å². The summed E-state index contributed by atoms with van der Waals surface area (Å²) >= 11 is 0. The van der Waals surface area contributed by atoms with Crippen molar-refractivity contribution < 1.29 is 16.8 Å². The van der Waals surface area contributed by atoms with E-state index in [0.29, 0.717) is 0 Å². The summed E-state index contributed by atoms with van der Waals surface area (Å²) in [5.41, 5.74) is 0. The van der Waals surface area contributed by atoms with Crippen molar-refractivity contribution in [2.24, 2.45) is 13.5 Å². The minimum atomic E-state index is -5.27. The van der Waals surface area contributed by atoms with E-state index in [0.717, 1.165) is 9.34 Å². The first kappa shape index (κ1) is 14.4. The normalized spacial score (nSPS) is 37.9. The number of nitrogens with zero attached hydrogens (tertiary/aromatic N) is 5. The molecule has 0 aliphatic carbocycles. The van der Waals surface area contributed by atoms with Gasteiger partial charge in [0.15, 0.2) is 0 Å². The fourth-order valence-corrected chi connectivity index (χ4v) is 8.10. The Kier molecular flexibility index (Phi) is 3.79. The second-order valence-corrected chi connectivity index (χ2v) is 10.0. The Hall–Kier alpha value is 0.330. The van der Waals surface area contributed by atoms with Gasteiger partial charge in [0.1, 0.15) is 0 Å². The summed E-state index contributed by atoms with van der Waals surface area (Å²) in [5, 5.41) is 0. The molecular weight excluding hydrogens is 287 g/mol. The fraction of sp³-hybridized carbons (Fsp3) is 1.00. The Balaban J connectivity index is 3.56. The standard InChI is InChI=1S/C4H12F4N5P3/c1-12(2)15(7)9-14(5,6)10-16(8,11-15)13(3)4/h1-4H3/t15-,16+. The quantitative estimate of drug-likeness (QED) is 0.541. The van der Waals surface area contributed by atoms with Crippen LogP contribution >= 0.6 is 23.2 Å². The third kappa shape index (κ3) is 2.77. The first-order valence-electron chi connectivity index (χ1n) is 4.06. The van der Waals surface area contributed by atoms with Gasteiger partial charge in [0.2, 0.25) is 0 Å². The Morgan fingerprint density at radius 3 is 1.44 bits per heavy atom. The van der Waals surface area contributed by atoms with Gasteiger partial charge in [0, 0.05) is 0 Å². The summed E-state index contributed by atoms with van der Waals surface area (Å²) in [5.74, 6) is 0. The zero-order valence-electron chi connectivity index (χ0n) is 9.09. The van der Waals surface area contributed by atoms with Crippen molar-refractivity contribution in [3.05, 3.63) is 0 Å². The van der Waals surface area contributed by atoms with E-state index in [1.54, 1.807) is 0 Å². The smallest absolute Gasteiger partial charge is 0.232 e. The molecule has 0 fully saturated rings. The maximum atomic E-state index is 14.0. The van der Waals surface area contributed by atoms with E-state index < -0.39 is 23.2 Å². The van der Waals surface area contributed by atoms with Crippen LogP contribution in [0.25, 0.3) is 0 Å². The minimum absolute atomic E-state index is 0.799.